The highest BCUT2D eigenvalue weighted by atomic mass is 35.5. The quantitative estimate of drug-likeness (QED) is 0.916. The average Bonchev–Trinajstić information content (AvgIpc) is 2.71. The third-order valence-electron chi connectivity index (χ3n) is 3.35. The van der Waals surface area contributed by atoms with E-state index in [1.165, 1.54) is 0 Å². The van der Waals surface area contributed by atoms with Gasteiger partial charge in [-0.3, -0.25) is 0 Å². The van der Waals surface area contributed by atoms with Crippen LogP contribution < -0.4 is 5.32 Å². The van der Waals surface area contributed by atoms with Crippen LogP contribution in [0.5, 0.6) is 0 Å². The number of aromatic nitrogens is 2. The Morgan fingerprint density at radius 3 is 2.72 bits per heavy atom. The van der Waals surface area contributed by atoms with E-state index in [4.69, 9.17) is 16.6 Å². The summed E-state index contributed by atoms with van der Waals surface area (Å²) in [5, 5.41) is 4.08. The smallest absolute Gasteiger partial charge is 0.129 e. The fourth-order valence-corrected chi connectivity index (χ4v) is 2.44. The van der Waals surface area contributed by atoms with Crippen molar-refractivity contribution in [2.45, 2.75) is 39.3 Å². The summed E-state index contributed by atoms with van der Waals surface area (Å²) >= 11 is 6.32. The van der Waals surface area contributed by atoms with Crippen LogP contribution in [0.2, 0.25) is 5.02 Å². The summed E-state index contributed by atoms with van der Waals surface area (Å²) in [6.07, 6.45) is 1.06. The minimum absolute atomic E-state index is 0.169. The number of halogens is 1. The van der Waals surface area contributed by atoms with Crippen molar-refractivity contribution in [1.29, 1.82) is 0 Å². The van der Waals surface area contributed by atoms with E-state index in [2.05, 4.69) is 30.7 Å². The van der Waals surface area contributed by atoms with Crippen molar-refractivity contribution in [2.75, 3.05) is 7.05 Å². The maximum absolute atomic E-state index is 6.32. The van der Waals surface area contributed by atoms with E-state index in [1.54, 1.807) is 0 Å². The van der Waals surface area contributed by atoms with E-state index in [-0.39, 0.29) is 5.54 Å². The summed E-state index contributed by atoms with van der Waals surface area (Å²) in [4.78, 5) is 4.75. The number of benzene rings is 1. The van der Waals surface area contributed by atoms with E-state index in [9.17, 15) is 0 Å². The summed E-state index contributed by atoms with van der Waals surface area (Å²) in [5.41, 5.74) is 1.84. The Morgan fingerprint density at radius 2 is 2.11 bits per heavy atom. The first-order chi connectivity index (χ1) is 8.51. The number of nitrogens with zero attached hydrogens (tertiary/aromatic N) is 2. The molecule has 0 saturated heterocycles. The largest absolute Gasteiger partial charge is 0.325 e. The van der Waals surface area contributed by atoms with Crippen molar-refractivity contribution >= 4 is 22.6 Å². The molecule has 0 aliphatic carbocycles. The van der Waals surface area contributed by atoms with Gasteiger partial charge in [0.05, 0.1) is 21.6 Å². The Balaban J connectivity index is 2.74. The SMILES string of the molecule is CCCn1c(C(C)(C)NC)nc2cccc(Cl)c21. The lowest BCUT2D eigenvalue weighted by Gasteiger charge is -2.24. The molecule has 0 amide bonds. The molecule has 1 aromatic heterocycles. The van der Waals surface area contributed by atoms with Crippen molar-refractivity contribution in [1.82, 2.24) is 14.9 Å². The zero-order chi connectivity index (χ0) is 13.3. The first-order valence-corrected chi connectivity index (χ1v) is 6.73. The number of nitrogens with one attached hydrogen (secondary N) is 1. The Kier molecular flexibility index (Phi) is 3.64. The van der Waals surface area contributed by atoms with Crippen LogP contribution in [-0.2, 0) is 12.1 Å². The molecule has 1 aromatic carbocycles. The minimum atomic E-state index is -0.169. The van der Waals surface area contributed by atoms with Crippen LogP contribution in [0.1, 0.15) is 33.0 Å². The standard InChI is InChI=1S/C14H20ClN3/c1-5-9-18-12-10(15)7-6-8-11(12)17-13(18)14(2,3)16-4/h6-8,16H,5,9H2,1-4H3. The average molecular weight is 266 g/mol. The Morgan fingerprint density at radius 1 is 1.39 bits per heavy atom. The number of rotatable bonds is 4. The van der Waals surface area contributed by atoms with Gasteiger partial charge in [-0.25, -0.2) is 4.98 Å². The predicted molar refractivity (Wildman–Crippen MR) is 77.1 cm³/mol. The zero-order valence-electron chi connectivity index (χ0n) is 11.4. The number of hydrogen-bond donors (Lipinski definition) is 1. The fourth-order valence-electron chi connectivity index (χ4n) is 2.17. The van der Waals surface area contributed by atoms with Crippen molar-refractivity contribution in [3.63, 3.8) is 0 Å². The van der Waals surface area contributed by atoms with Gasteiger partial charge in [0.2, 0.25) is 0 Å². The van der Waals surface area contributed by atoms with Crippen LogP contribution >= 0.6 is 11.6 Å². The zero-order valence-corrected chi connectivity index (χ0v) is 12.2. The lowest BCUT2D eigenvalue weighted by atomic mass is 10.1. The normalized spacial score (nSPS) is 12.3. The van der Waals surface area contributed by atoms with Crippen molar-refractivity contribution in [3.8, 4) is 0 Å². The maximum Gasteiger partial charge on any atom is 0.129 e. The molecule has 0 bridgehead atoms. The van der Waals surface area contributed by atoms with Crippen LogP contribution in [-0.4, -0.2) is 16.6 Å². The number of fused-ring (bicyclic) bond motifs is 1. The van der Waals surface area contributed by atoms with Crippen LogP contribution in [0.3, 0.4) is 0 Å². The van der Waals surface area contributed by atoms with Gasteiger partial charge in [0.1, 0.15) is 5.82 Å². The van der Waals surface area contributed by atoms with E-state index >= 15 is 0 Å². The molecule has 0 spiro atoms. The minimum Gasteiger partial charge on any atom is -0.325 e. The number of hydrogen-bond acceptors (Lipinski definition) is 2. The van der Waals surface area contributed by atoms with Gasteiger partial charge < -0.3 is 9.88 Å². The van der Waals surface area contributed by atoms with E-state index in [0.29, 0.717) is 0 Å². The topological polar surface area (TPSA) is 29.9 Å². The predicted octanol–water partition coefficient (Wildman–Crippen LogP) is 3.55. The summed E-state index contributed by atoms with van der Waals surface area (Å²) in [5.74, 6) is 1.04. The van der Waals surface area contributed by atoms with Crippen LogP contribution in [0.4, 0.5) is 0 Å². The van der Waals surface area contributed by atoms with Gasteiger partial charge >= 0.3 is 0 Å². The van der Waals surface area contributed by atoms with Crippen molar-refractivity contribution in [3.05, 3.63) is 29.0 Å². The fraction of sp³-hybridized carbons (Fsp3) is 0.500. The molecule has 0 unspecified atom stereocenters. The molecule has 98 valence electrons. The highest BCUT2D eigenvalue weighted by Gasteiger charge is 2.26. The molecule has 4 heteroatoms. The summed E-state index contributed by atoms with van der Waals surface area (Å²) in [6.45, 7) is 7.36. The van der Waals surface area contributed by atoms with Crippen LogP contribution in [0.25, 0.3) is 11.0 Å². The summed E-state index contributed by atoms with van der Waals surface area (Å²) in [7, 11) is 1.96. The van der Waals surface area contributed by atoms with Gasteiger partial charge in [-0.15, -0.1) is 0 Å². The summed E-state index contributed by atoms with van der Waals surface area (Å²) in [6, 6.07) is 5.89. The van der Waals surface area contributed by atoms with E-state index < -0.39 is 0 Å². The number of imidazole rings is 1. The molecule has 0 fully saturated rings. The maximum atomic E-state index is 6.32. The van der Waals surface area contributed by atoms with Crippen molar-refractivity contribution in [2.24, 2.45) is 0 Å². The molecule has 0 saturated carbocycles. The van der Waals surface area contributed by atoms with Gasteiger partial charge in [0.15, 0.2) is 0 Å². The molecule has 1 heterocycles. The second-order valence-electron chi connectivity index (χ2n) is 5.07. The molecular formula is C14H20ClN3. The molecule has 0 atom stereocenters. The second kappa shape index (κ2) is 4.90. The van der Waals surface area contributed by atoms with Crippen molar-refractivity contribution < 1.29 is 0 Å². The second-order valence-corrected chi connectivity index (χ2v) is 5.48. The number of aryl methyl sites for hydroxylation is 1. The van der Waals surface area contributed by atoms with Gasteiger partial charge in [0.25, 0.3) is 0 Å². The van der Waals surface area contributed by atoms with Gasteiger partial charge in [0, 0.05) is 6.54 Å². The third-order valence-corrected chi connectivity index (χ3v) is 3.65. The highest BCUT2D eigenvalue weighted by molar-refractivity contribution is 6.35. The number of para-hydroxylation sites is 1. The lowest BCUT2D eigenvalue weighted by Crippen LogP contribution is -2.36. The highest BCUT2D eigenvalue weighted by Crippen LogP contribution is 2.29. The molecule has 2 rings (SSSR count). The first-order valence-electron chi connectivity index (χ1n) is 6.35. The Bertz CT molecular complexity index is 557. The lowest BCUT2D eigenvalue weighted by molar-refractivity contribution is 0.397. The molecule has 0 radical (unpaired) electrons. The van der Waals surface area contributed by atoms with Crippen LogP contribution in [0, 0.1) is 0 Å². The van der Waals surface area contributed by atoms with Gasteiger partial charge in [-0.05, 0) is 39.4 Å². The Labute approximate surface area is 113 Å². The molecule has 2 aromatic rings. The monoisotopic (exact) mass is 265 g/mol. The third kappa shape index (κ3) is 2.13. The molecular weight excluding hydrogens is 246 g/mol. The Hall–Kier alpha value is -1.06. The molecule has 0 aliphatic heterocycles. The van der Waals surface area contributed by atoms with Gasteiger partial charge in [-0.1, -0.05) is 24.6 Å². The first kappa shape index (κ1) is 13.4. The van der Waals surface area contributed by atoms with Gasteiger partial charge in [-0.2, -0.15) is 0 Å². The van der Waals surface area contributed by atoms with E-state index in [0.717, 1.165) is 34.8 Å². The molecule has 3 nitrogen and oxygen atoms in total. The van der Waals surface area contributed by atoms with Crippen LogP contribution in [0.15, 0.2) is 18.2 Å². The van der Waals surface area contributed by atoms with E-state index in [1.807, 2.05) is 25.2 Å². The summed E-state index contributed by atoms with van der Waals surface area (Å²) < 4.78 is 2.23. The molecule has 18 heavy (non-hydrogen) atoms. The molecule has 1 N–H and O–H groups in total. The molecule has 0 aliphatic rings.